The molecule has 0 aliphatic carbocycles. The molecule has 1 saturated heterocycles. The lowest BCUT2D eigenvalue weighted by Crippen LogP contribution is -2.31. The third kappa shape index (κ3) is 2.12. The highest BCUT2D eigenvalue weighted by atomic mass is 16.1. The third-order valence-corrected chi connectivity index (χ3v) is 4.02. The molecule has 0 amide bonds. The van der Waals surface area contributed by atoms with E-state index in [2.05, 4.69) is 33.9 Å². The van der Waals surface area contributed by atoms with Crippen molar-refractivity contribution in [2.75, 3.05) is 37.8 Å². The van der Waals surface area contributed by atoms with Gasteiger partial charge in [0.15, 0.2) is 0 Å². The Morgan fingerprint density at radius 3 is 2.95 bits per heavy atom. The second kappa shape index (κ2) is 4.79. The zero-order valence-electron chi connectivity index (χ0n) is 11.8. The first kappa shape index (κ1) is 12.9. The van der Waals surface area contributed by atoms with Crippen molar-refractivity contribution in [3.8, 4) is 0 Å². The normalized spacial score (nSPS) is 19.1. The van der Waals surface area contributed by atoms with Crippen LogP contribution in [0.25, 0.3) is 10.9 Å². The lowest BCUT2D eigenvalue weighted by molar-refractivity contribution is 0.315. The Morgan fingerprint density at radius 1 is 1.45 bits per heavy atom. The quantitative estimate of drug-likeness (QED) is 0.785. The first-order valence-electron chi connectivity index (χ1n) is 6.74. The fraction of sp³-hybridized carbons (Fsp3) is 0.429. The van der Waals surface area contributed by atoms with Crippen LogP contribution in [0.5, 0.6) is 0 Å². The van der Waals surface area contributed by atoms with E-state index in [0.29, 0.717) is 22.6 Å². The largest absolute Gasteiger partial charge is 0.397 e. The van der Waals surface area contributed by atoms with Gasteiger partial charge in [-0.3, -0.25) is 4.79 Å². The minimum Gasteiger partial charge on any atom is -0.397 e. The first-order valence-corrected chi connectivity index (χ1v) is 6.74. The van der Waals surface area contributed by atoms with Gasteiger partial charge in [-0.15, -0.1) is 0 Å². The Labute approximate surface area is 117 Å². The summed E-state index contributed by atoms with van der Waals surface area (Å²) < 4.78 is 0. The minimum atomic E-state index is -0.152. The molecule has 1 aromatic carbocycles. The first-order chi connectivity index (χ1) is 9.56. The van der Waals surface area contributed by atoms with Gasteiger partial charge < -0.3 is 20.5 Å². The van der Waals surface area contributed by atoms with Crippen LogP contribution in [-0.2, 0) is 0 Å². The summed E-state index contributed by atoms with van der Waals surface area (Å²) in [5.74, 6) is 0. The fourth-order valence-electron chi connectivity index (χ4n) is 2.78. The van der Waals surface area contributed by atoms with Crippen molar-refractivity contribution in [3.05, 3.63) is 28.8 Å². The van der Waals surface area contributed by atoms with E-state index >= 15 is 0 Å². The Morgan fingerprint density at radius 2 is 2.25 bits per heavy atom. The number of H-pyrrole nitrogens is 1. The van der Waals surface area contributed by atoms with Crippen molar-refractivity contribution in [1.82, 2.24) is 14.9 Å². The van der Waals surface area contributed by atoms with E-state index in [4.69, 9.17) is 5.73 Å². The molecule has 0 saturated carbocycles. The summed E-state index contributed by atoms with van der Waals surface area (Å²) in [5.41, 5.74) is 8.26. The number of anilines is 2. The van der Waals surface area contributed by atoms with Gasteiger partial charge in [0.05, 0.1) is 28.6 Å². The van der Waals surface area contributed by atoms with E-state index < -0.39 is 0 Å². The number of hydrogen-bond donors (Lipinski definition) is 2. The maximum Gasteiger partial charge on any atom is 0.258 e. The molecule has 1 aliphatic rings. The molecule has 2 heterocycles. The fourth-order valence-corrected chi connectivity index (χ4v) is 2.78. The molecule has 1 unspecified atom stereocenters. The monoisotopic (exact) mass is 273 g/mol. The summed E-state index contributed by atoms with van der Waals surface area (Å²) in [6.45, 7) is 1.92. The summed E-state index contributed by atoms with van der Waals surface area (Å²) in [6.07, 6.45) is 2.55. The average Bonchev–Trinajstić information content (AvgIpc) is 2.89. The molecule has 0 spiro atoms. The molecule has 3 N–H and O–H groups in total. The van der Waals surface area contributed by atoms with Crippen LogP contribution >= 0.6 is 0 Å². The van der Waals surface area contributed by atoms with Gasteiger partial charge >= 0.3 is 0 Å². The van der Waals surface area contributed by atoms with Gasteiger partial charge in [0, 0.05) is 19.1 Å². The molecule has 0 radical (unpaired) electrons. The zero-order chi connectivity index (χ0) is 14.3. The summed E-state index contributed by atoms with van der Waals surface area (Å²) in [6, 6.07) is 4.18. The number of nitrogens with one attached hydrogen (secondary N) is 1. The highest BCUT2D eigenvalue weighted by molar-refractivity contribution is 5.88. The van der Waals surface area contributed by atoms with Crippen molar-refractivity contribution >= 4 is 22.3 Å². The highest BCUT2D eigenvalue weighted by Gasteiger charge is 2.25. The molecule has 1 aliphatic heterocycles. The predicted octanol–water partition coefficient (Wildman–Crippen LogP) is 0.646. The number of nitrogens with zero attached hydrogens (tertiary/aromatic N) is 3. The molecule has 1 aromatic heterocycles. The van der Waals surface area contributed by atoms with Crippen molar-refractivity contribution in [1.29, 1.82) is 0 Å². The van der Waals surface area contributed by atoms with Crippen molar-refractivity contribution in [2.24, 2.45) is 0 Å². The van der Waals surface area contributed by atoms with Crippen LogP contribution in [0.4, 0.5) is 11.4 Å². The molecule has 6 heteroatoms. The summed E-state index contributed by atoms with van der Waals surface area (Å²) in [4.78, 5) is 23.0. The average molecular weight is 273 g/mol. The SMILES string of the molecule is CN(C)C1CCN(c2cc3nc[nH]c(=O)c3cc2N)C1. The number of benzene rings is 1. The van der Waals surface area contributed by atoms with Gasteiger partial charge in [0.25, 0.3) is 5.56 Å². The van der Waals surface area contributed by atoms with Gasteiger partial charge in [0.2, 0.25) is 0 Å². The number of rotatable bonds is 2. The van der Waals surface area contributed by atoms with E-state index in [9.17, 15) is 4.79 Å². The van der Waals surface area contributed by atoms with Gasteiger partial charge in [0.1, 0.15) is 0 Å². The van der Waals surface area contributed by atoms with Crippen LogP contribution in [-0.4, -0.2) is 48.1 Å². The van der Waals surface area contributed by atoms with E-state index in [0.717, 1.165) is 25.2 Å². The van der Waals surface area contributed by atoms with Crippen LogP contribution in [0.1, 0.15) is 6.42 Å². The molecule has 6 nitrogen and oxygen atoms in total. The third-order valence-electron chi connectivity index (χ3n) is 4.02. The number of aromatic nitrogens is 2. The molecular formula is C14H19N5O. The standard InChI is InChI=1S/C14H19N5O/c1-18(2)9-3-4-19(7-9)13-6-12-10(5-11(13)15)14(20)17-8-16-12/h5-6,8-9H,3-4,7,15H2,1-2H3,(H,16,17,20). The second-order valence-corrected chi connectivity index (χ2v) is 5.51. The van der Waals surface area contributed by atoms with E-state index in [-0.39, 0.29) is 5.56 Å². The zero-order valence-corrected chi connectivity index (χ0v) is 11.8. The van der Waals surface area contributed by atoms with Crippen LogP contribution in [0.3, 0.4) is 0 Å². The molecule has 0 bridgehead atoms. The number of likely N-dealkylation sites (N-methyl/N-ethyl adjacent to an activating group) is 1. The van der Waals surface area contributed by atoms with Crippen LogP contribution < -0.4 is 16.2 Å². The lowest BCUT2D eigenvalue weighted by Gasteiger charge is -2.23. The molecule has 2 aromatic rings. The number of nitrogen functional groups attached to an aromatic ring is 1. The lowest BCUT2D eigenvalue weighted by atomic mass is 10.2. The topological polar surface area (TPSA) is 78.2 Å². The minimum absolute atomic E-state index is 0.152. The van der Waals surface area contributed by atoms with Gasteiger partial charge in [-0.1, -0.05) is 0 Å². The van der Waals surface area contributed by atoms with Crippen molar-refractivity contribution in [3.63, 3.8) is 0 Å². The maximum atomic E-state index is 11.7. The maximum absolute atomic E-state index is 11.7. The van der Waals surface area contributed by atoms with E-state index in [1.54, 1.807) is 6.07 Å². The van der Waals surface area contributed by atoms with Crippen molar-refractivity contribution < 1.29 is 0 Å². The number of hydrogen-bond acceptors (Lipinski definition) is 5. The Bertz CT molecular complexity index is 694. The molecule has 20 heavy (non-hydrogen) atoms. The Hall–Kier alpha value is -2.08. The summed E-state index contributed by atoms with van der Waals surface area (Å²) in [5, 5.41) is 0.539. The smallest absolute Gasteiger partial charge is 0.258 e. The number of nitrogens with two attached hydrogens (primary N) is 1. The highest BCUT2D eigenvalue weighted by Crippen LogP contribution is 2.30. The molecule has 106 valence electrons. The number of aromatic amines is 1. The van der Waals surface area contributed by atoms with Crippen LogP contribution in [0.2, 0.25) is 0 Å². The molecular weight excluding hydrogens is 254 g/mol. The van der Waals surface area contributed by atoms with Gasteiger partial charge in [-0.2, -0.15) is 0 Å². The van der Waals surface area contributed by atoms with E-state index in [1.165, 1.54) is 6.33 Å². The molecule has 3 rings (SSSR count). The number of fused-ring (bicyclic) bond motifs is 1. The van der Waals surface area contributed by atoms with Crippen LogP contribution in [0.15, 0.2) is 23.3 Å². The predicted molar refractivity (Wildman–Crippen MR) is 81.1 cm³/mol. The summed E-state index contributed by atoms with van der Waals surface area (Å²) in [7, 11) is 4.19. The summed E-state index contributed by atoms with van der Waals surface area (Å²) >= 11 is 0. The van der Waals surface area contributed by atoms with Crippen molar-refractivity contribution in [2.45, 2.75) is 12.5 Å². The molecule has 1 atom stereocenters. The van der Waals surface area contributed by atoms with E-state index in [1.807, 2.05) is 6.07 Å². The van der Waals surface area contributed by atoms with Crippen LogP contribution in [0, 0.1) is 0 Å². The Kier molecular flexibility index (Phi) is 3.10. The Balaban J connectivity index is 2.01. The second-order valence-electron chi connectivity index (χ2n) is 5.51. The van der Waals surface area contributed by atoms with Gasteiger partial charge in [-0.25, -0.2) is 4.98 Å². The van der Waals surface area contributed by atoms with Gasteiger partial charge in [-0.05, 0) is 32.6 Å². The molecule has 1 fully saturated rings.